The minimum absolute atomic E-state index is 0.188. The number of hydrogen-bond acceptors (Lipinski definition) is 5. The summed E-state index contributed by atoms with van der Waals surface area (Å²) in [6.07, 6.45) is 2.26. The van der Waals surface area contributed by atoms with Gasteiger partial charge in [-0.25, -0.2) is 0 Å². The van der Waals surface area contributed by atoms with Crippen molar-refractivity contribution >= 4 is 39.2 Å². The van der Waals surface area contributed by atoms with Gasteiger partial charge in [0.2, 0.25) is 0 Å². The zero-order valence-corrected chi connectivity index (χ0v) is 18.2. The van der Waals surface area contributed by atoms with E-state index in [1.165, 1.54) is 16.2 Å². The van der Waals surface area contributed by atoms with Crippen molar-refractivity contribution in [2.24, 2.45) is 4.99 Å². The molecule has 0 atom stereocenters. The Labute approximate surface area is 173 Å². The van der Waals surface area contributed by atoms with Crippen LogP contribution >= 0.6 is 23.1 Å². The molecule has 0 spiro atoms. The Morgan fingerprint density at radius 2 is 2.04 bits per heavy atom. The second kappa shape index (κ2) is 9.41. The molecule has 0 bridgehead atoms. The van der Waals surface area contributed by atoms with Crippen molar-refractivity contribution in [1.82, 2.24) is 4.57 Å². The molecule has 5 nitrogen and oxygen atoms in total. The molecule has 3 rings (SSSR count). The Kier molecular flexibility index (Phi) is 6.93. The van der Waals surface area contributed by atoms with Gasteiger partial charge in [0.05, 0.1) is 30.4 Å². The molecular weight excluding hydrogens is 392 g/mol. The number of carbonyl (C=O) groups is 1. The minimum atomic E-state index is -0.188. The van der Waals surface area contributed by atoms with Crippen LogP contribution < -0.4 is 9.54 Å². The first-order valence-electron chi connectivity index (χ1n) is 8.93. The normalized spacial score (nSPS) is 11.9. The van der Waals surface area contributed by atoms with Gasteiger partial charge in [-0.05, 0) is 37.4 Å². The van der Waals surface area contributed by atoms with Crippen molar-refractivity contribution in [3.8, 4) is 5.75 Å². The molecule has 0 aliphatic heterocycles. The van der Waals surface area contributed by atoms with Gasteiger partial charge in [-0.1, -0.05) is 29.0 Å². The second-order valence-corrected chi connectivity index (χ2v) is 8.25. The molecule has 0 aliphatic carbocycles. The van der Waals surface area contributed by atoms with Crippen molar-refractivity contribution in [1.29, 1.82) is 0 Å². The highest BCUT2D eigenvalue weighted by Crippen LogP contribution is 2.24. The smallest absolute Gasteiger partial charge is 0.252 e. The first kappa shape index (κ1) is 20.6. The number of carbonyl (C=O) groups excluding carboxylic acids is 1. The number of aromatic nitrogens is 1. The van der Waals surface area contributed by atoms with Crippen LogP contribution in [0.2, 0.25) is 0 Å². The van der Waals surface area contributed by atoms with Crippen molar-refractivity contribution < 1.29 is 14.3 Å². The lowest BCUT2D eigenvalue weighted by Crippen LogP contribution is -2.19. The van der Waals surface area contributed by atoms with E-state index >= 15 is 0 Å². The third-order valence-electron chi connectivity index (χ3n) is 4.41. The highest BCUT2D eigenvalue weighted by molar-refractivity contribution is 7.98. The number of amides is 1. The van der Waals surface area contributed by atoms with Gasteiger partial charge in [0.15, 0.2) is 4.80 Å². The van der Waals surface area contributed by atoms with E-state index in [9.17, 15) is 4.79 Å². The number of thiazole rings is 1. The molecule has 0 radical (unpaired) electrons. The Balaban J connectivity index is 2.00. The lowest BCUT2D eigenvalue weighted by atomic mass is 10.1. The van der Waals surface area contributed by atoms with Gasteiger partial charge in [0, 0.05) is 24.1 Å². The summed E-state index contributed by atoms with van der Waals surface area (Å²) in [5.74, 6) is 0.522. The zero-order chi connectivity index (χ0) is 20.1. The van der Waals surface area contributed by atoms with E-state index in [0.717, 1.165) is 21.3 Å². The highest BCUT2D eigenvalue weighted by Gasteiger charge is 2.11. The molecule has 1 aromatic heterocycles. The molecule has 3 aromatic rings. The maximum atomic E-state index is 12.7. The predicted molar refractivity (Wildman–Crippen MR) is 115 cm³/mol. The largest absolute Gasteiger partial charge is 0.496 e. The van der Waals surface area contributed by atoms with E-state index in [1.807, 2.05) is 25.1 Å². The van der Waals surface area contributed by atoms with Gasteiger partial charge in [-0.3, -0.25) is 4.79 Å². The number of methoxy groups -OCH3 is 2. The van der Waals surface area contributed by atoms with Gasteiger partial charge in [0.25, 0.3) is 5.91 Å². The van der Waals surface area contributed by atoms with Crippen LogP contribution in [0.1, 0.15) is 11.1 Å². The molecule has 1 heterocycles. The van der Waals surface area contributed by atoms with Crippen LogP contribution in [0.15, 0.2) is 46.3 Å². The SMILES string of the molecule is COCCn1c(=NC(=O)Cc2cc(C)ccc2OC)sc2cc(SC)ccc21. The molecule has 1 amide bonds. The van der Waals surface area contributed by atoms with Gasteiger partial charge in [0.1, 0.15) is 5.75 Å². The molecule has 7 heteroatoms. The van der Waals surface area contributed by atoms with Gasteiger partial charge >= 0.3 is 0 Å². The Morgan fingerprint density at radius 3 is 2.75 bits per heavy atom. The fourth-order valence-electron chi connectivity index (χ4n) is 3.02. The number of fused-ring (bicyclic) bond motifs is 1. The van der Waals surface area contributed by atoms with E-state index < -0.39 is 0 Å². The fraction of sp³-hybridized carbons (Fsp3) is 0.333. The van der Waals surface area contributed by atoms with Crippen LogP contribution in [0, 0.1) is 6.92 Å². The lowest BCUT2D eigenvalue weighted by molar-refractivity contribution is -0.117. The van der Waals surface area contributed by atoms with Crippen LogP contribution in [0.4, 0.5) is 0 Å². The number of nitrogens with zero attached hydrogens (tertiary/aromatic N) is 2. The summed E-state index contributed by atoms with van der Waals surface area (Å²) >= 11 is 3.23. The van der Waals surface area contributed by atoms with E-state index in [0.29, 0.717) is 23.7 Å². The second-order valence-electron chi connectivity index (χ2n) is 6.36. The van der Waals surface area contributed by atoms with Gasteiger partial charge in [-0.2, -0.15) is 4.99 Å². The number of rotatable bonds is 7. The Bertz CT molecular complexity index is 1050. The van der Waals surface area contributed by atoms with Crippen molar-refractivity contribution in [2.45, 2.75) is 24.8 Å². The minimum Gasteiger partial charge on any atom is -0.496 e. The summed E-state index contributed by atoms with van der Waals surface area (Å²) < 4.78 is 13.8. The van der Waals surface area contributed by atoms with E-state index in [1.54, 1.807) is 26.0 Å². The molecule has 2 aromatic carbocycles. The Hall–Kier alpha value is -2.09. The number of aryl methyl sites for hydroxylation is 1. The van der Waals surface area contributed by atoms with Crippen molar-refractivity contribution in [3.63, 3.8) is 0 Å². The molecule has 0 saturated carbocycles. The quantitative estimate of drug-likeness (QED) is 0.545. The van der Waals surface area contributed by atoms with Crippen LogP contribution in [0.5, 0.6) is 5.75 Å². The molecule has 0 saturated heterocycles. The third-order valence-corrected chi connectivity index (χ3v) is 6.17. The van der Waals surface area contributed by atoms with Crippen LogP contribution in [-0.4, -0.2) is 37.6 Å². The van der Waals surface area contributed by atoms with E-state index in [-0.39, 0.29) is 12.3 Å². The monoisotopic (exact) mass is 416 g/mol. The first-order valence-corrected chi connectivity index (χ1v) is 11.0. The fourth-order valence-corrected chi connectivity index (χ4v) is 4.65. The van der Waals surface area contributed by atoms with Crippen LogP contribution in [0.3, 0.4) is 0 Å². The van der Waals surface area contributed by atoms with E-state index in [2.05, 4.69) is 34.0 Å². The maximum Gasteiger partial charge on any atom is 0.252 e. The third kappa shape index (κ3) is 4.66. The lowest BCUT2D eigenvalue weighted by Gasteiger charge is -2.07. The molecule has 28 heavy (non-hydrogen) atoms. The highest BCUT2D eigenvalue weighted by atomic mass is 32.2. The summed E-state index contributed by atoms with van der Waals surface area (Å²) in [6.45, 7) is 3.21. The molecular formula is C21H24N2O3S2. The average Bonchev–Trinajstić information content (AvgIpc) is 3.02. The number of ether oxygens (including phenoxy) is 2. The molecule has 148 valence electrons. The number of thioether (sulfide) groups is 1. The molecule has 0 unspecified atom stereocenters. The average molecular weight is 417 g/mol. The predicted octanol–water partition coefficient (Wildman–Crippen LogP) is 4.06. The first-order chi connectivity index (χ1) is 13.5. The summed E-state index contributed by atoms with van der Waals surface area (Å²) in [6, 6.07) is 12.1. The summed E-state index contributed by atoms with van der Waals surface area (Å²) in [4.78, 5) is 19.0. The van der Waals surface area contributed by atoms with E-state index in [4.69, 9.17) is 9.47 Å². The number of benzene rings is 2. The summed E-state index contributed by atoms with van der Waals surface area (Å²) in [5, 5.41) is 0. The maximum absolute atomic E-state index is 12.7. The Morgan fingerprint density at radius 1 is 1.21 bits per heavy atom. The van der Waals surface area contributed by atoms with Crippen molar-refractivity contribution in [3.05, 3.63) is 52.3 Å². The molecule has 0 N–H and O–H groups in total. The van der Waals surface area contributed by atoms with Gasteiger partial charge in [-0.15, -0.1) is 11.8 Å². The zero-order valence-electron chi connectivity index (χ0n) is 16.5. The number of hydrogen-bond donors (Lipinski definition) is 0. The molecule has 0 fully saturated rings. The molecule has 0 aliphatic rings. The van der Waals surface area contributed by atoms with Crippen molar-refractivity contribution in [2.75, 3.05) is 27.1 Å². The standard InChI is InChI=1S/C21H24N2O3S2/c1-14-5-8-18(26-3)15(11-14)12-20(24)22-21-23(9-10-25-2)17-7-6-16(27-4)13-19(17)28-21/h5-8,11,13H,9-10,12H2,1-4H3. The van der Waals surface area contributed by atoms with Crippen LogP contribution in [0.25, 0.3) is 10.2 Å². The summed E-state index contributed by atoms with van der Waals surface area (Å²) in [7, 11) is 3.29. The van der Waals surface area contributed by atoms with Crippen LogP contribution in [-0.2, 0) is 22.5 Å². The summed E-state index contributed by atoms with van der Waals surface area (Å²) in [5.41, 5.74) is 3.01. The topological polar surface area (TPSA) is 52.8 Å². The van der Waals surface area contributed by atoms with Gasteiger partial charge < -0.3 is 14.0 Å².